The number of nitrogens with two attached hydrogens (primary N) is 1. The minimum atomic E-state index is 0.435. The predicted molar refractivity (Wildman–Crippen MR) is 86.9 cm³/mol. The number of hydrogen-bond donors (Lipinski definition) is 1. The van der Waals surface area contributed by atoms with E-state index in [0.29, 0.717) is 6.54 Å². The summed E-state index contributed by atoms with van der Waals surface area (Å²) in [5.74, 6) is 6.03. The fourth-order valence-electron chi connectivity index (χ4n) is 2.88. The maximum Gasteiger partial charge on any atom is 0.0772 e. The summed E-state index contributed by atoms with van der Waals surface area (Å²) in [7, 11) is 0. The standard InChI is InChI=1S/C16H25N3S/c1-3-19(4-2)14-9-11-18(12-14)13-16-8-7-15(20-16)6-5-10-17/h7-8,14H,3-4,9-13,17H2,1-2H3. The molecule has 2 rings (SSSR count). The lowest BCUT2D eigenvalue weighted by atomic mass is 10.2. The van der Waals surface area contributed by atoms with E-state index in [9.17, 15) is 0 Å². The molecule has 0 saturated carbocycles. The van der Waals surface area contributed by atoms with Crippen molar-refractivity contribution in [2.75, 3.05) is 32.7 Å². The molecular formula is C16H25N3S. The van der Waals surface area contributed by atoms with Crippen LogP contribution in [0, 0.1) is 11.8 Å². The third-order valence-corrected chi connectivity index (χ3v) is 4.92. The summed E-state index contributed by atoms with van der Waals surface area (Å²) in [6, 6.07) is 5.05. The first-order valence-electron chi connectivity index (χ1n) is 7.50. The summed E-state index contributed by atoms with van der Waals surface area (Å²) in [4.78, 5) is 7.68. The van der Waals surface area contributed by atoms with E-state index in [0.717, 1.165) is 30.6 Å². The van der Waals surface area contributed by atoms with Gasteiger partial charge >= 0.3 is 0 Å². The van der Waals surface area contributed by atoms with Gasteiger partial charge in [0.1, 0.15) is 0 Å². The van der Waals surface area contributed by atoms with E-state index in [4.69, 9.17) is 5.73 Å². The van der Waals surface area contributed by atoms with Crippen LogP contribution in [0.3, 0.4) is 0 Å². The fraction of sp³-hybridized carbons (Fsp3) is 0.625. The molecule has 1 unspecified atom stereocenters. The van der Waals surface area contributed by atoms with Crippen molar-refractivity contribution in [1.82, 2.24) is 9.80 Å². The molecule has 1 saturated heterocycles. The third-order valence-electron chi connectivity index (χ3n) is 3.93. The Balaban J connectivity index is 1.87. The SMILES string of the molecule is CCN(CC)C1CCN(Cc2ccc(C#CCN)s2)C1. The van der Waals surface area contributed by atoms with E-state index in [1.807, 2.05) is 0 Å². The monoisotopic (exact) mass is 291 g/mol. The van der Waals surface area contributed by atoms with Crippen LogP contribution < -0.4 is 5.73 Å². The second kappa shape index (κ2) is 7.80. The first-order valence-corrected chi connectivity index (χ1v) is 8.32. The van der Waals surface area contributed by atoms with Crippen molar-refractivity contribution in [3.05, 3.63) is 21.9 Å². The van der Waals surface area contributed by atoms with Gasteiger partial charge in [-0.1, -0.05) is 25.7 Å². The van der Waals surface area contributed by atoms with Gasteiger partial charge in [0.15, 0.2) is 0 Å². The number of likely N-dealkylation sites (N-methyl/N-ethyl adjacent to an activating group) is 1. The molecule has 1 fully saturated rings. The van der Waals surface area contributed by atoms with Gasteiger partial charge in [-0.3, -0.25) is 9.80 Å². The minimum Gasteiger partial charge on any atom is -0.320 e. The quantitative estimate of drug-likeness (QED) is 0.842. The Morgan fingerprint density at radius 3 is 2.90 bits per heavy atom. The highest BCUT2D eigenvalue weighted by atomic mass is 32.1. The molecule has 1 aliphatic rings. The molecule has 110 valence electrons. The second-order valence-electron chi connectivity index (χ2n) is 5.17. The third kappa shape index (κ3) is 4.07. The van der Waals surface area contributed by atoms with Crippen LogP contribution in [0.2, 0.25) is 0 Å². The molecule has 0 amide bonds. The Morgan fingerprint density at radius 2 is 2.20 bits per heavy atom. The van der Waals surface area contributed by atoms with E-state index in [2.05, 4.69) is 47.6 Å². The highest BCUT2D eigenvalue weighted by Crippen LogP contribution is 2.22. The Labute approximate surface area is 126 Å². The van der Waals surface area contributed by atoms with Crippen LogP contribution in [0.1, 0.15) is 30.0 Å². The molecule has 0 bridgehead atoms. The first-order chi connectivity index (χ1) is 9.76. The Hall–Kier alpha value is -0.860. The summed E-state index contributed by atoms with van der Waals surface area (Å²) >= 11 is 1.80. The fourth-order valence-corrected chi connectivity index (χ4v) is 3.81. The maximum absolute atomic E-state index is 5.40. The summed E-state index contributed by atoms with van der Waals surface area (Å²) in [6.07, 6.45) is 1.30. The van der Waals surface area contributed by atoms with Crippen molar-refractivity contribution >= 4 is 11.3 Å². The maximum atomic E-state index is 5.40. The molecule has 1 aromatic heterocycles. The average molecular weight is 291 g/mol. The molecule has 1 aliphatic heterocycles. The molecule has 20 heavy (non-hydrogen) atoms. The van der Waals surface area contributed by atoms with E-state index < -0.39 is 0 Å². The van der Waals surface area contributed by atoms with E-state index in [1.54, 1.807) is 11.3 Å². The largest absolute Gasteiger partial charge is 0.320 e. The molecule has 0 aliphatic carbocycles. The van der Waals surface area contributed by atoms with Crippen LogP contribution >= 0.6 is 11.3 Å². The first kappa shape index (κ1) is 15.5. The number of thiophene rings is 1. The van der Waals surface area contributed by atoms with Gasteiger partial charge in [0.2, 0.25) is 0 Å². The highest BCUT2D eigenvalue weighted by molar-refractivity contribution is 7.12. The number of hydrogen-bond acceptors (Lipinski definition) is 4. The topological polar surface area (TPSA) is 32.5 Å². The lowest BCUT2D eigenvalue weighted by Crippen LogP contribution is -2.37. The van der Waals surface area contributed by atoms with Crippen LogP contribution in [0.5, 0.6) is 0 Å². The molecule has 0 aromatic carbocycles. The predicted octanol–water partition coefficient (Wildman–Crippen LogP) is 1.97. The molecule has 2 N–H and O–H groups in total. The van der Waals surface area contributed by atoms with Gasteiger partial charge < -0.3 is 5.73 Å². The van der Waals surface area contributed by atoms with Crippen molar-refractivity contribution in [2.24, 2.45) is 5.73 Å². The van der Waals surface area contributed by atoms with Gasteiger partial charge in [0.25, 0.3) is 0 Å². The van der Waals surface area contributed by atoms with Gasteiger partial charge in [-0.25, -0.2) is 0 Å². The van der Waals surface area contributed by atoms with Crippen molar-refractivity contribution in [3.63, 3.8) is 0 Å². The summed E-state index contributed by atoms with van der Waals surface area (Å²) in [5, 5.41) is 0. The van der Waals surface area contributed by atoms with Gasteiger partial charge in [-0.2, -0.15) is 0 Å². The Morgan fingerprint density at radius 1 is 1.40 bits per heavy atom. The van der Waals surface area contributed by atoms with Crippen molar-refractivity contribution < 1.29 is 0 Å². The Bertz CT molecular complexity index is 468. The molecule has 0 radical (unpaired) electrons. The zero-order valence-corrected chi connectivity index (χ0v) is 13.4. The normalized spacial score (nSPS) is 19.3. The number of rotatable bonds is 5. The lowest BCUT2D eigenvalue weighted by Gasteiger charge is -2.26. The van der Waals surface area contributed by atoms with Gasteiger partial charge in [0.05, 0.1) is 11.4 Å². The summed E-state index contributed by atoms with van der Waals surface area (Å²) in [6.45, 7) is 10.7. The van der Waals surface area contributed by atoms with Crippen LogP contribution in [-0.2, 0) is 6.54 Å². The van der Waals surface area contributed by atoms with Gasteiger partial charge in [-0.15, -0.1) is 11.3 Å². The highest BCUT2D eigenvalue weighted by Gasteiger charge is 2.26. The molecule has 0 spiro atoms. The number of likely N-dealkylation sites (tertiary alicyclic amines) is 1. The smallest absolute Gasteiger partial charge is 0.0772 e. The van der Waals surface area contributed by atoms with Crippen molar-refractivity contribution in [1.29, 1.82) is 0 Å². The van der Waals surface area contributed by atoms with Crippen LogP contribution in [0.4, 0.5) is 0 Å². The lowest BCUT2D eigenvalue weighted by molar-refractivity contribution is 0.209. The number of nitrogens with zero attached hydrogens (tertiary/aromatic N) is 2. The zero-order valence-electron chi connectivity index (χ0n) is 12.6. The molecule has 1 aromatic rings. The van der Waals surface area contributed by atoms with E-state index in [-0.39, 0.29) is 0 Å². The van der Waals surface area contributed by atoms with Gasteiger partial charge in [-0.05, 0) is 31.6 Å². The molecule has 4 heteroatoms. The zero-order chi connectivity index (χ0) is 14.4. The Kier molecular flexibility index (Phi) is 6.06. The van der Waals surface area contributed by atoms with Gasteiger partial charge in [0, 0.05) is 30.6 Å². The average Bonchev–Trinajstić information content (AvgIpc) is 3.08. The van der Waals surface area contributed by atoms with Crippen molar-refractivity contribution in [3.8, 4) is 11.8 Å². The molecular weight excluding hydrogens is 266 g/mol. The van der Waals surface area contributed by atoms with E-state index >= 15 is 0 Å². The molecule has 3 nitrogen and oxygen atoms in total. The second-order valence-corrected chi connectivity index (χ2v) is 6.34. The van der Waals surface area contributed by atoms with E-state index in [1.165, 1.54) is 24.4 Å². The molecule has 2 heterocycles. The van der Waals surface area contributed by atoms with Crippen molar-refractivity contribution in [2.45, 2.75) is 32.9 Å². The summed E-state index contributed by atoms with van der Waals surface area (Å²) < 4.78 is 0. The minimum absolute atomic E-state index is 0.435. The summed E-state index contributed by atoms with van der Waals surface area (Å²) in [5.41, 5.74) is 5.40. The van der Waals surface area contributed by atoms with Crippen LogP contribution in [-0.4, -0.2) is 48.6 Å². The molecule has 1 atom stereocenters. The van der Waals surface area contributed by atoms with Crippen LogP contribution in [0.25, 0.3) is 0 Å². The van der Waals surface area contributed by atoms with Crippen LogP contribution in [0.15, 0.2) is 12.1 Å².